The normalized spacial score (nSPS) is 10.1. The van der Waals surface area contributed by atoms with Crippen molar-refractivity contribution >= 4 is 6.08 Å². The van der Waals surface area contributed by atoms with Gasteiger partial charge in [0.15, 0.2) is 0 Å². The monoisotopic (exact) mass is 184 g/mol. The van der Waals surface area contributed by atoms with E-state index in [9.17, 15) is 0 Å². The maximum atomic E-state index is 4.28. The molecular weight excluding hydrogens is 172 g/mol. The molecule has 0 atom stereocenters. The second-order valence-electron chi connectivity index (χ2n) is 3.25. The quantitative estimate of drug-likeness (QED) is 0.701. The molecule has 0 amide bonds. The Labute approximate surface area is 83.5 Å². The number of aromatic nitrogens is 2. The van der Waals surface area contributed by atoms with E-state index in [1.807, 2.05) is 36.0 Å². The van der Waals surface area contributed by atoms with Crippen LogP contribution in [-0.2, 0) is 7.05 Å². The van der Waals surface area contributed by atoms with Crippen LogP contribution in [0.15, 0.2) is 43.4 Å². The standard InChI is InChI=1S/C12H12N2/c1-3-10-4-6-11(7-5-10)12-8-14(2)9-13-12/h3-9H,1H2,2H3. The second kappa shape index (κ2) is 3.50. The van der Waals surface area contributed by atoms with Gasteiger partial charge in [0.1, 0.15) is 0 Å². The van der Waals surface area contributed by atoms with Crippen LogP contribution in [0.4, 0.5) is 0 Å². The minimum absolute atomic E-state index is 1.00. The molecule has 0 aliphatic heterocycles. The van der Waals surface area contributed by atoms with E-state index in [0.29, 0.717) is 0 Å². The van der Waals surface area contributed by atoms with E-state index in [2.05, 4.69) is 23.7 Å². The lowest BCUT2D eigenvalue weighted by Crippen LogP contribution is -1.79. The summed E-state index contributed by atoms with van der Waals surface area (Å²) in [6.07, 6.45) is 5.64. The van der Waals surface area contributed by atoms with Crippen molar-refractivity contribution in [2.45, 2.75) is 0 Å². The fourth-order valence-corrected chi connectivity index (χ4v) is 1.35. The number of nitrogens with zero attached hydrogens (tertiary/aromatic N) is 2. The second-order valence-corrected chi connectivity index (χ2v) is 3.25. The van der Waals surface area contributed by atoms with Crippen LogP contribution in [0.3, 0.4) is 0 Å². The largest absolute Gasteiger partial charge is 0.340 e. The van der Waals surface area contributed by atoms with Gasteiger partial charge in [0.2, 0.25) is 0 Å². The summed E-state index contributed by atoms with van der Waals surface area (Å²) in [6, 6.07) is 8.19. The molecule has 0 spiro atoms. The Morgan fingerprint density at radius 1 is 1.29 bits per heavy atom. The van der Waals surface area contributed by atoms with Crippen molar-refractivity contribution in [2.75, 3.05) is 0 Å². The van der Waals surface area contributed by atoms with Crippen LogP contribution in [0.25, 0.3) is 17.3 Å². The molecular formula is C12H12N2. The Hall–Kier alpha value is -1.83. The van der Waals surface area contributed by atoms with Gasteiger partial charge in [0, 0.05) is 18.8 Å². The molecule has 0 aliphatic carbocycles. The van der Waals surface area contributed by atoms with E-state index >= 15 is 0 Å². The molecule has 2 heteroatoms. The van der Waals surface area contributed by atoms with Crippen LogP contribution >= 0.6 is 0 Å². The van der Waals surface area contributed by atoms with Gasteiger partial charge in [-0.05, 0) is 5.56 Å². The Kier molecular flexibility index (Phi) is 2.19. The molecule has 70 valence electrons. The summed E-state index contributed by atoms with van der Waals surface area (Å²) in [5, 5.41) is 0. The number of rotatable bonds is 2. The number of hydrogen-bond acceptors (Lipinski definition) is 1. The molecule has 2 aromatic rings. The summed E-state index contributed by atoms with van der Waals surface area (Å²) < 4.78 is 1.94. The fraction of sp³-hybridized carbons (Fsp3) is 0.0833. The summed E-state index contributed by atoms with van der Waals surface area (Å²) in [4.78, 5) is 4.28. The highest BCUT2D eigenvalue weighted by Gasteiger charge is 1.99. The predicted molar refractivity (Wildman–Crippen MR) is 58.7 cm³/mol. The van der Waals surface area contributed by atoms with Crippen LogP contribution < -0.4 is 0 Å². The van der Waals surface area contributed by atoms with Gasteiger partial charge < -0.3 is 4.57 Å². The molecule has 0 N–H and O–H groups in total. The van der Waals surface area contributed by atoms with Crippen molar-refractivity contribution in [3.63, 3.8) is 0 Å². The van der Waals surface area contributed by atoms with Gasteiger partial charge in [-0.15, -0.1) is 0 Å². The molecule has 0 aliphatic rings. The molecule has 2 nitrogen and oxygen atoms in total. The van der Waals surface area contributed by atoms with Crippen molar-refractivity contribution in [1.29, 1.82) is 0 Å². The molecule has 0 saturated carbocycles. The predicted octanol–water partition coefficient (Wildman–Crippen LogP) is 2.73. The number of benzene rings is 1. The lowest BCUT2D eigenvalue weighted by atomic mass is 10.1. The Morgan fingerprint density at radius 2 is 2.00 bits per heavy atom. The minimum atomic E-state index is 1.00. The van der Waals surface area contributed by atoms with Crippen molar-refractivity contribution in [3.8, 4) is 11.3 Å². The first-order chi connectivity index (χ1) is 6.79. The van der Waals surface area contributed by atoms with Crippen LogP contribution in [0.1, 0.15) is 5.56 Å². The first-order valence-corrected chi connectivity index (χ1v) is 4.50. The topological polar surface area (TPSA) is 17.8 Å². The van der Waals surface area contributed by atoms with E-state index in [1.54, 1.807) is 6.33 Å². The fourth-order valence-electron chi connectivity index (χ4n) is 1.35. The van der Waals surface area contributed by atoms with Gasteiger partial charge >= 0.3 is 0 Å². The molecule has 0 unspecified atom stereocenters. The third-order valence-electron chi connectivity index (χ3n) is 2.15. The molecule has 0 radical (unpaired) electrons. The number of aryl methyl sites for hydroxylation is 1. The Bertz CT molecular complexity index is 438. The summed E-state index contributed by atoms with van der Waals surface area (Å²) >= 11 is 0. The zero-order valence-electron chi connectivity index (χ0n) is 8.14. The highest BCUT2D eigenvalue weighted by Crippen LogP contribution is 2.17. The smallest absolute Gasteiger partial charge is 0.0951 e. The van der Waals surface area contributed by atoms with E-state index in [4.69, 9.17) is 0 Å². The van der Waals surface area contributed by atoms with Crippen molar-refractivity contribution in [1.82, 2.24) is 9.55 Å². The van der Waals surface area contributed by atoms with Crippen molar-refractivity contribution in [3.05, 3.63) is 48.9 Å². The summed E-state index contributed by atoms with van der Waals surface area (Å²) in [5.74, 6) is 0. The van der Waals surface area contributed by atoms with Crippen LogP contribution in [0, 0.1) is 0 Å². The zero-order valence-corrected chi connectivity index (χ0v) is 8.14. The Morgan fingerprint density at radius 3 is 2.50 bits per heavy atom. The third kappa shape index (κ3) is 1.59. The summed E-state index contributed by atoms with van der Waals surface area (Å²) in [5.41, 5.74) is 3.27. The molecule has 0 saturated heterocycles. The first kappa shape index (κ1) is 8.75. The SMILES string of the molecule is C=Cc1ccc(-c2cn(C)cn2)cc1. The third-order valence-corrected chi connectivity index (χ3v) is 2.15. The van der Waals surface area contributed by atoms with Crippen LogP contribution in [-0.4, -0.2) is 9.55 Å². The van der Waals surface area contributed by atoms with Gasteiger partial charge in [-0.1, -0.05) is 36.9 Å². The lowest BCUT2D eigenvalue weighted by molar-refractivity contribution is 0.913. The highest BCUT2D eigenvalue weighted by molar-refractivity contribution is 5.61. The van der Waals surface area contributed by atoms with Gasteiger partial charge in [-0.3, -0.25) is 0 Å². The van der Waals surface area contributed by atoms with E-state index in [1.165, 1.54) is 0 Å². The maximum absolute atomic E-state index is 4.28. The van der Waals surface area contributed by atoms with Gasteiger partial charge in [0.25, 0.3) is 0 Å². The average Bonchev–Trinajstić information content (AvgIpc) is 2.65. The van der Waals surface area contributed by atoms with E-state index in [-0.39, 0.29) is 0 Å². The van der Waals surface area contributed by atoms with Crippen LogP contribution in [0.5, 0.6) is 0 Å². The number of imidazole rings is 1. The molecule has 14 heavy (non-hydrogen) atoms. The zero-order chi connectivity index (χ0) is 9.97. The maximum Gasteiger partial charge on any atom is 0.0951 e. The van der Waals surface area contributed by atoms with Crippen molar-refractivity contribution in [2.24, 2.45) is 7.05 Å². The molecule has 0 fully saturated rings. The lowest BCUT2D eigenvalue weighted by Gasteiger charge is -1.97. The molecule has 1 aromatic carbocycles. The average molecular weight is 184 g/mol. The van der Waals surface area contributed by atoms with Gasteiger partial charge in [-0.25, -0.2) is 4.98 Å². The van der Waals surface area contributed by atoms with Gasteiger partial charge in [-0.2, -0.15) is 0 Å². The highest BCUT2D eigenvalue weighted by atomic mass is 15.0. The van der Waals surface area contributed by atoms with Crippen molar-refractivity contribution < 1.29 is 0 Å². The first-order valence-electron chi connectivity index (χ1n) is 4.50. The minimum Gasteiger partial charge on any atom is -0.340 e. The number of hydrogen-bond donors (Lipinski definition) is 0. The summed E-state index contributed by atoms with van der Waals surface area (Å²) in [6.45, 7) is 3.72. The molecule has 1 aromatic heterocycles. The van der Waals surface area contributed by atoms with Gasteiger partial charge in [0.05, 0.1) is 12.0 Å². The Balaban J connectivity index is 2.38. The van der Waals surface area contributed by atoms with E-state index in [0.717, 1.165) is 16.8 Å². The molecule has 1 heterocycles. The van der Waals surface area contributed by atoms with E-state index < -0.39 is 0 Å². The summed E-state index contributed by atoms with van der Waals surface area (Å²) in [7, 11) is 1.97. The molecule has 2 rings (SSSR count). The molecule has 0 bridgehead atoms. The van der Waals surface area contributed by atoms with Crippen LogP contribution in [0.2, 0.25) is 0 Å².